The van der Waals surface area contributed by atoms with Crippen molar-refractivity contribution < 1.29 is 4.79 Å². The Labute approximate surface area is 166 Å². The van der Waals surface area contributed by atoms with Crippen LogP contribution >= 0.6 is 22.9 Å². The van der Waals surface area contributed by atoms with Crippen LogP contribution < -0.4 is 5.56 Å². The number of thiophene rings is 1. The largest absolute Gasteiger partial charge is 0.341 e. The van der Waals surface area contributed by atoms with E-state index in [1.54, 1.807) is 12.1 Å². The molecule has 27 heavy (non-hydrogen) atoms. The van der Waals surface area contributed by atoms with Gasteiger partial charge in [-0.2, -0.15) is 0 Å². The Morgan fingerprint density at radius 3 is 2.52 bits per heavy atom. The zero-order chi connectivity index (χ0) is 18.8. The highest BCUT2D eigenvalue weighted by Gasteiger charge is 2.18. The third kappa shape index (κ3) is 3.77. The van der Waals surface area contributed by atoms with Crippen molar-refractivity contribution in [3.63, 3.8) is 0 Å². The molecule has 0 atom stereocenters. The molecule has 1 aromatic carbocycles. The van der Waals surface area contributed by atoms with E-state index in [0.717, 1.165) is 49.9 Å². The number of carbonyl (C=O) groups excluding carboxylic acids is 1. The van der Waals surface area contributed by atoms with Crippen molar-refractivity contribution >= 4 is 39.1 Å². The van der Waals surface area contributed by atoms with Gasteiger partial charge in [0.15, 0.2) is 0 Å². The predicted molar refractivity (Wildman–Crippen MR) is 109 cm³/mol. The van der Waals surface area contributed by atoms with Crippen molar-refractivity contribution in [2.24, 2.45) is 0 Å². The normalized spacial score (nSPS) is 15.1. The molecule has 4 rings (SSSR count). The highest BCUT2D eigenvalue weighted by molar-refractivity contribution is 7.17. The molecule has 1 amide bonds. The van der Waals surface area contributed by atoms with Crippen molar-refractivity contribution in [1.29, 1.82) is 0 Å². The fraction of sp³-hybridized carbons (Fsp3) is 0.350. The predicted octanol–water partition coefficient (Wildman–Crippen LogP) is 4.18. The van der Waals surface area contributed by atoms with E-state index in [-0.39, 0.29) is 18.0 Å². The minimum absolute atomic E-state index is 0.0107. The molecule has 7 heteroatoms. The van der Waals surface area contributed by atoms with Gasteiger partial charge in [0.1, 0.15) is 11.4 Å². The van der Waals surface area contributed by atoms with Crippen LogP contribution in [0.25, 0.3) is 21.3 Å². The Kier molecular flexibility index (Phi) is 5.27. The summed E-state index contributed by atoms with van der Waals surface area (Å²) < 4.78 is 1.43. The lowest BCUT2D eigenvalue weighted by atomic mass is 10.1. The first-order valence-electron chi connectivity index (χ1n) is 9.14. The first kappa shape index (κ1) is 18.2. The number of fused-ring (bicyclic) bond motifs is 1. The molecule has 1 aliphatic heterocycles. The molecule has 0 N–H and O–H groups in total. The molecule has 0 saturated carbocycles. The van der Waals surface area contributed by atoms with E-state index in [0.29, 0.717) is 15.2 Å². The number of hydrogen-bond acceptors (Lipinski definition) is 4. The lowest BCUT2D eigenvalue weighted by Gasteiger charge is -2.20. The van der Waals surface area contributed by atoms with E-state index in [1.807, 2.05) is 22.4 Å². The number of aromatic nitrogens is 2. The maximum absolute atomic E-state index is 13.1. The summed E-state index contributed by atoms with van der Waals surface area (Å²) in [4.78, 5) is 32.7. The molecule has 0 spiro atoms. The number of amides is 1. The van der Waals surface area contributed by atoms with Gasteiger partial charge in [0.2, 0.25) is 5.91 Å². The van der Waals surface area contributed by atoms with E-state index in [2.05, 4.69) is 4.98 Å². The molecule has 0 bridgehead atoms. The van der Waals surface area contributed by atoms with E-state index >= 15 is 0 Å². The quantitative estimate of drug-likeness (QED) is 0.661. The van der Waals surface area contributed by atoms with Crippen molar-refractivity contribution in [1.82, 2.24) is 14.5 Å². The van der Waals surface area contributed by atoms with Gasteiger partial charge in [0.05, 0.1) is 11.7 Å². The van der Waals surface area contributed by atoms with E-state index in [4.69, 9.17) is 11.6 Å². The van der Waals surface area contributed by atoms with Crippen molar-refractivity contribution in [3.05, 3.63) is 51.3 Å². The number of carbonyl (C=O) groups is 1. The Morgan fingerprint density at radius 1 is 1.11 bits per heavy atom. The minimum Gasteiger partial charge on any atom is -0.341 e. The molecule has 3 aromatic rings. The smallest absolute Gasteiger partial charge is 0.263 e. The average molecular weight is 402 g/mol. The van der Waals surface area contributed by atoms with Gasteiger partial charge < -0.3 is 4.90 Å². The van der Waals surface area contributed by atoms with Gasteiger partial charge in [0.25, 0.3) is 5.56 Å². The molecule has 1 saturated heterocycles. The number of halogens is 1. The zero-order valence-electron chi connectivity index (χ0n) is 14.9. The molecule has 3 heterocycles. The molecule has 1 aliphatic rings. The van der Waals surface area contributed by atoms with Gasteiger partial charge in [-0.3, -0.25) is 14.2 Å². The fourth-order valence-electron chi connectivity index (χ4n) is 3.49. The van der Waals surface area contributed by atoms with Gasteiger partial charge in [-0.15, -0.1) is 11.3 Å². The second-order valence-corrected chi connectivity index (χ2v) is 8.10. The standard InChI is InChI=1S/C20H20ClN3O2S/c21-15-7-5-14(6-8-15)16-12-27-19-18(16)20(26)24(13-22-19)11-17(25)23-9-3-1-2-4-10-23/h5-8,12-13H,1-4,9-11H2. The molecule has 0 unspecified atom stereocenters. The summed E-state index contributed by atoms with van der Waals surface area (Å²) in [7, 11) is 0. The summed E-state index contributed by atoms with van der Waals surface area (Å²) in [5, 5.41) is 3.15. The topological polar surface area (TPSA) is 55.2 Å². The van der Waals surface area contributed by atoms with E-state index in [1.165, 1.54) is 22.2 Å². The second-order valence-electron chi connectivity index (χ2n) is 6.81. The lowest BCUT2D eigenvalue weighted by molar-refractivity contribution is -0.131. The van der Waals surface area contributed by atoms with Crippen LogP contribution in [0.15, 0.2) is 40.8 Å². The summed E-state index contributed by atoms with van der Waals surface area (Å²) in [5.41, 5.74) is 1.58. The Hall–Kier alpha value is -2.18. The van der Waals surface area contributed by atoms with Crippen molar-refractivity contribution in [2.75, 3.05) is 13.1 Å². The molecule has 5 nitrogen and oxygen atoms in total. The molecule has 0 aliphatic carbocycles. The molecule has 0 radical (unpaired) electrons. The van der Waals surface area contributed by atoms with Crippen LogP contribution in [0.3, 0.4) is 0 Å². The van der Waals surface area contributed by atoms with E-state index < -0.39 is 0 Å². The second kappa shape index (κ2) is 7.82. The number of rotatable bonds is 3. The summed E-state index contributed by atoms with van der Waals surface area (Å²) in [6.45, 7) is 1.59. The average Bonchev–Trinajstić information content (AvgIpc) is 2.91. The maximum atomic E-state index is 13.1. The van der Waals surface area contributed by atoms with Crippen LogP contribution in [0.5, 0.6) is 0 Å². The highest BCUT2D eigenvalue weighted by Crippen LogP contribution is 2.31. The van der Waals surface area contributed by atoms with Gasteiger partial charge in [-0.1, -0.05) is 36.6 Å². The van der Waals surface area contributed by atoms with Crippen LogP contribution in [-0.2, 0) is 11.3 Å². The number of nitrogens with zero attached hydrogens (tertiary/aromatic N) is 3. The SMILES string of the molecule is O=C(Cn1cnc2scc(-c3ccc(Cl)cc3)c2c1=O)N1CCCCCC1. The Balaban J connectivity index is 1.67. The first-order chi connectivity index (χ1) is 13.1. The highest BCUT2D eigenvalue weighted by atomic mass is 35.5. The van der Waals surface area contributed by atoms with Crippen LogP contribution in [0.1, 0.15) is 25.7 Å². The van der Waals surface area contributed by atoms with Gasteiger partial charge in [0, 0.05) is 29.1 Å². The van der Waals surface area contributed by atoms with Crippen molar-refractivity contribution in [3.8, 4) is 11.1 Å². The third-order valence-electron chi connectivity index (χ3n) is 4.98. The van der Waals surface area contributed by atoms with Crippen LogP contribution in [0.2, 0.25) is 5.02 Å². The summed E-state index contributed by atoms with van der Waals surface area (Å²) in [6.07, 6.45) is 5.88. The van der Waals surface area contributed by atoms with E-state index in [9.17, 15) is 9.59 Å². The number of likely N-dealkylation sites (tertiary alicyclic amines) is 1. The van der Waals surface area contributed by atoms with Gasteiger partial charge >= 0.3 is 0 Å². The van der Waals surface area contributed by atoms with Crippen molar-refractivity contribution in [2.45, 2.75) is 32.2 Å². The first-order valence-corrected chi connectivity index (χ1v) is 10.4. The number of hydrogen-bond donors (Lipinski definition) is 0. The Morgan fingerprint density at radius 2 is 1.81 bits per heavy atom. The zero-order valence-corrected chi connectivity index (χ0v) is 16.4. The summed E-state index contributed by atoms with van der Waals surface area (Å²) >= 11 is 7.41. The molecular formula is C20H20ClN3O2S. The summed E-state index contributed by atoms with van der Waals surface area (Å²) in [5.74, 6) is -0.0107. The van der Waals surface area contributed by atoms with Crippen LogP contribution in [0, 0.1) is 0 Å². The summed E-state index contributed by atoms with van der Waals surface area (Å²) in [6, 6.07) is 7.39. The van der Waals surface area contributed by atoms with Crippen LogP contribution in [0.4, 0.5) is 0 Å². The molecule has 2 aromatic heterocycles. The molecule has 140 valence electrons. The lowest BCUT2D eigenvalue weighted by Crippen LogP contribution is -2.37. The third-order valence-corrected chi connectivity index (χ3v) is 6.12. The van der Waals surface area contributed by atoms with Crippen LogP contribution in [-0.4, -0.2) is 33.4 Å². The minimum atomic E-state index is -0.172. The Bertz CT molecular complexity index is 1020. The van der Waals surface area contributed by atoms with Gasteiger partial charge in [-0.25, -0.2) is 4.98 Å². The fourth-order valence-corrected chi connectivity index (χ4v) is 4.52. The monoisotopic (exact) mass is 401 g/mol. The van der Waals surface area contributed by atoms with Gasteiger partial charge in [-0.05, 0) is 30.5 Å². The molecular weight excluding hydrogens is 382 g/mol. The molecule has 1 fully saturated rings. The maximum Gasteiger partial charge on any atom is 0.263 e. The number of benzene rings is 1.